The lowest BCUT2D eigenvalue weighted by atomic mass is 10.2. The van der Waals surface area contributed by atoms with Gasteiger partial charge in [0.1, 0.15) is 5.82 Å². The van der Waals surface area contributed by atoms with Gasteiger partial charge in [0.2, 0.25) is 5.91 Å². The Balaban J connectivity index is 1.66. The smallest absolute Gasteiger partial charge is 0.247 e. The third-order valence-electron chi connectivity index (χ3n) is 4.13. The number of nitrogens with one attached hydrogen (secondary N) is 4. The number of carbonyl (C=O) groups is 1. The van der Waals surface area contributed by atoms with Crippen LogP contribution in [-0.2, 0) is 16.1 Å². The van der Waals surface area contributed by atoms with E-state index in [2.05, 4.69) is 37.9 Å². The fraction of sp³-hybridized carbons (Fsp3) is 0.250. The number of allylic oxidation sites excluding steroid dienone is 1. The van der Waals surface area contributed by atoms with Crippen LogP contribution in [0.25, 0.3) is 0 Å². The lowest BCUT2D eigenvalue weighted by Crippen LogP contribution is -2.39. The maximum absolute atomic E-state index is 11.5. The highest BCUT2D eigenvalue weighted by Crippen LogP contribution is 2.22. The van der Waals surface area contributed by atoms with Crippen molar-refractivity contribution >= 4 is 40.9 Å². The summed E-state index contributed by atoms with van der Waals surface area (Å²) in [5.41, 5.74) is 2.35. The van der Waals surface area contributed by atoms with Crippen LogP contribution in [0, 0.1) is 0 Å². The Labute approximate surface area is 179 Å². The molecule has 0 saturated heterocycles. The van der Waals surface area contributed by atoms with E-state index in [1.165, 1.54) is 6.08 Å². The highest BCUT2D eigenvalue weighted by molar-refractivity contribution is 8.03. The van der Waals surface area contributed by atoms with Crippen molar-refractivity contribution in [2.75, 3.05) is 35.9 Å². The minimum absolute atomic E-state index is 0.255. The van der Waals surface area contributed by atoms with Gasteiger partial charge >= 0.3 is 0 Å². The monoisotopic (exact) mass is 427 g/mol. The van der Waals surface area contributed by atoms with Crippen molar-refractivity contribution in [3.05, 3.63) is 60.0 Å². The third-order valence-corrected chi connectivity index (χ3v) is 4.88. The zero-order valence-electron chi connectivity index (χ0n) is 16.9. The number of rotatable bonds is 10. The molecule has 1 unspecified atom stereocenters. The van der Waals surface area contributed by atoms with Crippen LogP contribution >= 0.6 is 11.8 Å². The number of aromatic nitrogens is 2. The highest BCUT2D eigenvalue weighted by Gasteiger charge is 2.17. The van der Waals surface area contributed by atoms with E-state index in [4.69, 9.17) is 4.74 Å². The molecular formula is C20H25N7O2S. The van der Waals surface area contributed by atoms with Gasteiger partial charge in [0.05, 0.1) is 29.9 Å². The lowest BCUT2D eigenvalue weighted by Gasteiger charge is -2.25. The van der Waals surface area contributed by atoms with Crippen molar-refractivity contribution in [2.24, 2.45) is 4.99 Å². The first-order valence-electron chi connectivity index (χ1n) is 9.27. The minimum Gasteiger partial charge on any atom is -0.383 e. The summed E-state index contributed by atoms with van der Waals surface area (Å²) in [4.78, 5) is 17.0. The number of hydrogen-bond donors (Lipinski definition) is 4. The Morgan fingerprint density at radius 1 is 1.40 bits per heavy atom. The quantitative estimate of drug-likeness (QED) is 0.432. The van der Waals surface area contributed by atoms with Crippen molar-refractivity contribution in [3.63, 3.8) is 0 Å². The third kappa shape index (κ3) is 5.88. The molecule has 0 aliphatic carbocycles. The van der Waals surface area contributed by atoms with Crippen LogP contribution in [0.5, 0.6) is 0 Å². The molecule has 1 atom stereocenters. The average molecular weight is 428 g/mol. The Morgan fingerprint density at radius 2 is 2.23 bits per heavy atom. The number of ether oxygens (including phenoxy) is 1. The maximum atomic E-state index is 11.5. The van der Waals surface area contributed by atoms with Crippen LogP contribution in [0.15, 0.2) is 65.0 Å². The van der Waals surface area contributed by atoms with Crippen LogP contribution in [0.4, 0.5) is 17.1 Å². The number of methoxy groups -OCH3 is 1. The van der Waals surface area contributed by atoms with E-state index >= 15 is 0 Å². The van der Waals surface area contributed by atoms with Gasteiger partial charge in [0.15, 0.2) is 6.29 Å². The first kappa shape index (κ1) is 21.5. The summed E-state index contributed by atoms with van der Waals surface area (Å²) in [5, 5.41) is 17.1. The number of aliphatic imine (C=N–C) groups is 1. The fourth-order valence-corrected chi connectivity index (χ4v) is 3.17. The van der Waals surface area contributed by atoms with Crippen LogP contribution in [0.1, 0.15) is 0 Å². The van der Waals surface area contributed by atoms with Crippen molar-refractivity contribution in [3.8, 4) is 0 Å². The lowest BCUT2D eigenvalue weighted by molar-refractivity contribution is -0.111. The predicted molar refractivity (Wildman–Crippen MR) is 123 cm³/mol. The molecule has 10 heteroatoms. The minimum atomic E-state index is -0.355. The number of carbonyl (C=O) groups excluding carboxylic acids is 1. The van der Waals surface area contributed by atoms with E-state index in [-0.39, 0.29) is 12.2 Å². The van der Waals surface area contributed by atoms with E-state index in [1.807, 2.05) is 47.6 Å². The molecule has 1 aliphatic heterocycles. The van der Waals surface area contributed by atoms with Crippen molar-refractivity contribution in [1.82, 2.24) is 15.1 Å². The van der Waals surface area contributed by atoms with E-state index in [1.54, 1.807) is 25.1 Å². The SMILES string of the molecule is C=CC(=O)Nc1cccc(NC2=C(SC)C=NC(Nc3cnn(CCOC)c3)N2)c1. The van der Waals surface area contributed by atoms with Gasteiger partial charge in [-0.25, -0.2) is 4.99 Å². The summed E-state index contributed by atoms with van der Waals surface area (Å²) in [6.45, 7) is 4.75. The molecule has 30 heavy (non-hydrogen) atoms. The average Bonchev–Trinajstić information content (AvgIpc) is 3.20. The van der Waals surface area contributed by atoms with Crippen LogP contribution in [-0.4, -0.2) is 48.2 Å². The molecule has 4 N–H and O–H groups in total. The van der Waals surface area contributed by atoms with Gasteiger partial charge in [-0.15, -0.1) is 11.8 Å². The molecule has 9 nitrogen and oxygen atoms in total. The van der Waals surface area contributed by atoms with Gasteiger partial charge < -0.3 is 26.0 Å². The first-order chi connectivity index (χ1) is 14.6. The number of thioether (sulfide) groups is 1. The van der Waals surface area contributed by atoms with Crippen molar-refractivity contribution in [1.29, 1.82) is 0 Å². The summed E-state index contributed by atoms with van der Waals surface area (Å²) in [6.07, 6.45) is 8.34. The van der Waals surface area contributed by atoms with Crippen molar-refractivity contribution in [2.45, 2.75) is 12.8 Å². The van der Waals surface area contributed by atoms with E-state index in [0.29, 0.717) is 18.8 Å². The fourth-order valence-electron chi connectivity index (χ4n) is 2.69. The number of nitrogens with zero attached hydrogens (tertiary/aromatic N) is 3. The molecule has 1 aromatic carbocycles. The molecule has 1 aliphatic rings. The molecule has 0 fully saturated rings. The Bertz CT molecular complexity index is 954. The molecule has 1 amide bonds. The summed E-state index contributed by atoms with van der Waals surface area (Å²) in [7, 11) is 1.66. The molecule has 158 valence electrons. The van der Waals surface area contributed by atoms with Crippen molar-refractivity contribution < 1.29 is 9.53 Å². The van der Waals surface area contributed by atoms with Crippen LogP contribution in [0.2, 0.25) is 0 Å². The van der Waals surface area contributed by atoms with Gasteiger partial charge in [-0.3, -0.25) is 9.48 Å². The molecule has 2 aromatic rings. The molecule has 0 saturated carbocycles. The predicted octanol–water partition coefficient (Wildman–Crippen LogP) is 2.67. The number of amides is 1. The van der Waals surface area contributed by atoms with Gasteiger partial charge in [0.25, 0.3) is 0 Å². The largest absolute Gasteiger partial charge is 0.383 e. The van der Waals surface area contributed by atoms with E-state index < -0.39 is 0 Å². The number of hydrogen-bond acceptors (Lipinski definition) is 8. The van der Waals surface area contributed by atoms with Crippen LogP contribution in [0.3, 0.4) is 0 Å². The molecular weight excluding hydrogens is 402 g/mol. The number of benzene rings is 1. The normalized spacial score (nSPS) is 15.5. The summed E-state index contributed by atoms with van der Waals surface area (Å²) < 4.78 is 6.88. The zero-order valence-corrected chi connectivity index (χ0v) is 17.7. The van der Waals surface area contributed by atoms with Gasteiger partial charge in [-0.2, -0.15) is 5.10 Å². The second-order valence-corrected chi connectivity index (χ2v) is 7.14. The molecule has 2 heterocycles. The first-order valence-corrected chi connectivity index (χ1v) is 10.5. The second kappa shape index (κ2) is 10.5. The Morgan fingerprint density at radius 3 is 3.00 bits per heavy atom. The molecule has 0 bridgehead atoms. The molecule has 3 rings (SSSR count). The zero-order chi connectivity index (χ0) is 21.3. The highest BCUT2D eigenvalue weighted by atomic mass is 32.2. The molecule has 0 radical (unpaired) electrons. The van der Waals surface area contributed by atoms with Crippen LogP contribution < -0.4 is 21.3 Å². The standard InChI is InChI=1S/C20H25N7O2S/c1-4-18(28)23-14-6-5-7-15(10-14)24-19-17(30-3)12-21-20(26-19)25-16-11-22-27(13-16)8-9-29-2/h4-7,10-13,20,24-26H,1,8-9H2,2-3H3,(H,23,28). The summed E-state index contributed by atoms with van der Waals surface area (Å²) in [6, 6.07) is 7.45. The van der Waals surface area contributed by atoms with Gasteiger partial charge in [-0.05, 0) is 30.5 Å². The summed E-state index contributed by atoms with van der Waals surface area (Å²) >= 11 is 1.58. The van der Waals surface area contributed by atoms with E-state index in [0.717, 1.165) is 22.1 Å². The maximum Gasteiger partial charge on any atom is 0.247 e. The summed E-state index contributed by atoms with van der Waals surface area (Å²) in [5.74, 6) is 0.559. The second-order valence-electron chi connectivity index (χ2n) is 6.30. The van der Waals surface area contributed by atoms with Gasteiger partial charge in [0, 0.05) is 30.9 Å². The topological polar surface area (TPSA) is 105 Å². The Kier molecular flexibility index (Phi) is 7.52. The molecule has 0 spiro atoms. The molecule has 1 aromatic heterocycles. The van der Waals surface area contributed by atoms with Gasteiger partial charge in [-0.1, -0.05) is 12.6 Å². The Hall–Kier alpha value is -3.24. The number of anilines is 3. The van der Waals surface area contributed by atoms with E-state index in [9.17, 15) is 4.79 Å².